The Labute approximate surface area is 119 Å². The highest BCUT2D eigenvalue weighted by Crippen LogP contribution is 2.29. The number of benzene rings is 1. The Morgan fingerprint density at radius 3 is 2.65 bits per heavy atom. The highest BCUT2D eigenvalue weighted by molar-refractivity contribution is 7.89. The maximum Gasteiger partial charge on any atom is 0.237 e. The Bertz CT molecular complexity index is 690. The monoisotopic (exact) mass is 294 g/mol. The summed E-state index contributed by atoms with van der Waals surface area (Å²) in [4.78, 5) is 4.14. The quantitative estimate of drug-likeness (QED) is 0.849. The van der Waals surface area contributed by atoms with Crippen molar-refractivity contribution in [3.8, 4) is 17.1 Å². The van der Waals surface area contributed by atoms with Crippen LogP contribution in [0.15, 0.2) is 36.7 Å². The number of rotatable bonds is 5. The normalized spacial score (nSPS) is 11.8. The van der Waals surface area contributed by atoms with Gasteiger partial charge in [-0.3, -0.25) is 0 Å². The van der Waals surface area contributed by atoms with E-state index in [0.717, 1.165) is 10.2 Å². The van der Waals surface area contributed by atoms with Gasteiger partial charge in [0.25, 0.3) is 0 Å². The molecule has 0 N–H and O–H groups in total. The van der Waals surface area contributed by atoms with Gasteiger partial charge in [0.1, 0.15) is 5.75 Å². The fraction of sp³-hybridized carbons (Fsp3) is 0.357. The molecule has 2 aromatic rings. The van der Waals surface area contributed by atoms with Crippen molar-refractivity contribution < 1.29 is 13.2 Å². The molecule has 0 aliphatic rings. The Morgan fingerprint density at radius 2 is 2.00 bits per heavy atom. The Kier molecular flexibility index (Phi) is 4.13. The molecule has 0 bridgehead atoms. The van der Waals surface area contributed by atoms with E-state index in [0.29, 0.717) is 29.7 Å². The molecule has 6 heteroatoms. The van der Waals surface area contributed by atoms with Crippen molar-refractivity contribution >= 4 is 10.0 Å². The van der Waals surface area contributed by atoms with Crippen LogP contribution in [0.5, 0.6) is 5.75 Å². The van der Waals surface area contributed by atoms with E-state index in [1.807, 2.05) is 18.2 Å². The van der Waals surface area contributed by atoms with E-state index in [4.69, 9.17) is 4.74 Å². The van der Waals surface area contributed by atoms with Gasteiger partial charge in [0.2, 0.25) is 10.0 Å². The van der Waals surface area contributed by atoms with Gasteiger partial charge in [-0.05, 0) is 18.1 Å². The van der Waals surface area contributed by atoms with Crippen LogP contribution >= 0.6 is 0 Å². The number of para-hydroxylation sites is 1. The van der Waals surface area contributed by atoms with E-state index in [-0.39, 0.29) is 0 Å². The van der Waals surface area contributed by atoms with Gasteiger partial charge in [0, 0.05) is 12.4 Å². The van der Waals surface area contributed by atoms with Crippen molar-refractivity contribution in [2.24, 2.45) is 5.92 Å². The van der Waals surface area contributed by atoms with Crippen LogP contribution in [-0.2, 0) is 10.0 Å². The predicted octanol–water partition coefficient (Wildman–Crippen LogP) is 2.39. The first kappa shape index (κ1) is 14.6. The lowest BCUT2D eigenvalue weighted by atomic mass is 10.2. The molecular formula is C14H18N2O3S. The molecule has 0 unspecified atom stereocenters. The van der Waals surface area contributed by atoms with Crippen molar-refractivity contribution in [2.45, 2.75) is 13.8 Å². The predicted molar refractivity (Wildman–Crippen MR) is 78.2 cm³/mol. The van der Waals surface area contributed by atoms with Crippen LogP contribution < -0.4 is 4.74 Å². The molecule has 0 aliphatic heterocycles. The van der Waals surface area contributed by atoms with E-state index in [2.05, 4.69) is 18.8 Å². The molecule has 5 nitrogen and oxygen atoms in total. The lowest BCUT2D eigenvalue weighted by Crippen LogP contribution is -2.11. The molecule has 20 heavy (non-hydrogen) atoms. The molecule has 1 heterocycles. The van der Waals surface area contributed by atoms with Crippen LogP contribution in [0.1, 0.15) is 13.8 Å². The summed E-state index contributed by atoms with van der Waals surface area (Å²) in [6.45, 7) is 4.68. The number of nitrogens with zero attached hydrogens (tertiary/aromatic N) is 2. The Morgan fingerprint density at radius 1 is 1.30 bits per heavy atom. The van der Waals surface area contributed by atoms with E-state index in [1.54, 1.807) is 6.07 Å². The minimum Gasteiger partial charge on any atom is -0.493 e. The highest BCUT2D eigenvalue weighted by Gasteiger charge is 2.16. The van der Waals surface area contributed by atoms with E-state index >= 15 is 0 Å². The standard InChI is InChI=1S/C14H18N2O3S/c1-11(2)10-19-13-7-5-4-6-12(13)14-15-8-9-16(14)20(3,17)18/h4-9,11H,10H2,1-3H3. The van der Waals surface area contributed by atoms with Gasteiger partial charge in [-0.1, -0.05) is 26.0 Å². The molecule has 1 aromatic heterocycles. The Hall–Kier alpha value is -1.82. The van der Waals surface area contributed by atoms with Crippen molar-refractivity contribution in [3.05, 3.63) is 36.7 Å². The van der Waals surface area contributed by atoms with E-state index < -0.39 is 10.0 Å². The van der Waals surface area contributed by atoms with Gasteiger partial charge in [-0.2, -0.15) is 0 Å². The third-order valence-corrected chi connectivity index (χ3v) is 3.67. The van der Waals surface area contributed by atoms with Gasteiger partial charge < -0.3 is 4.74 Å². The van der Waals surface area contributed by atoms with Crippen molar-refractivity contribution in [1.29, 1.82) is 0 Å². The highest BCUT2D eigenvalue weighted by atomic mass is 32.2. The minimum atomic E-state index is -3.39. The summed E-state index contributed by atoms with van der Waals surface area (Å²) >= 11 is 0. The van der Waals surface area contributed by atoms with E-state index in [1.165, 1.54) is 12.4 Å². The summed E-state index contributed by atoms with van der Waals surface area (Å²) in [5, 5.41) is 0. The van der Waals surface area contributed by atoms with Gasteiger partial charge in [0.15, 0.2) is 5.82 Å². The van der Waals surface area contributed by atoms with Crippen LogP contribution in [0, 0.1) is 5.92 Å². The van der Waals surface area contributed by atoms with Crippen molar-refractivity contribution in [2.75, 3.05) is 12.9 Å². The topological polar surface area (TPSA) is 61.2 Å². The van der Waals surface area contributed by atoms with Crippen LogP contribution in [0.3, 0.4) is 0 Å². The lowest BCUT2D eigenvalue weighted by molar-refractivity contribution is 0.272. The average Bonchev–Trinajstić information content (AvgIpc) is 2.85. The summed E-state index contributed by atoms with van der Waals surface area (Å²) in [6.07, 6.45) is 4.05. The molecule has 2 rings (SSSR count). The van der Waals surface area contributed by atoms with Gasteiger partial charge >= 0.3 is 0 Å². The number of ether oxygens (including phenoxy) is 1. The second-order valence-corrected chi connectivity index (χ2v) is 6.87. The number of aromatic nitrogens is 2. The van der Waals surface area contributed by atoms with Crippen LogP contribution in [0.25, 0.3) is 11.4 Å². The van der Waals surface area contributed by atoms with E-state index in [9.17, 15) is 8.42 Å². The summed E-state index contributed by atoms with van der Waals surface area (Å²) in [6, 6.07) is 7.31. The number of hydrogen-bond acceptors (Lipinski definition) is 4. The first-order valence-electron chi connectivity index (χ1n) is 6.35. The van der Waals surface area contributed by atoms with Crippen molar-refractivity contribution in [1.82, 2.24) is 8.96 Å². The van der Waals surface area contributed by atoms with Gasteiger partial charge in [0.05, 0.1) is 18.4 Å². The van der Waals surface area contributed by atoms with Gasteiger partial charge in [-0.15, -0.1) is 0 Å². The molecule has 0 saturated heterocycles. The molecule has 0 radical (unpaired) electrons. The molecule has 1 aromatic carbocycles. The van der Waals surface area contributed by atoms with Crippen LogP contribution in [-0.4, -0.2) is 30.2 Å². The first-order chi connectivity index (χ1) is 9.39. The summed E-state index contributed by atoms with van der Waals surface area (Å²) in [7, 11) is -3.39. The second-order valence-electron chi connectivity index (χ2n) is 5.01. The zero-order valence-electron chi connectivity index (χ0n) is 11.8. The molecular weight excluding hydrogens is 276 g/mol. The second kappa shape index (κ2) is 5.66. The van der Waals surface area contributed by atoms with Crippen LogP contribution in [0.4, 0.5) is 0 Å². The molecule has 0 spiro atoms. The molecule has 108 valence electrons. The number of hydrogen-bond donors (Lipinski definition) is 0. The van der Waals surface area contributed by atoms with Gasteiger partial charge in [-0.25, -0.2) is 17.4 Å². The fourth-order valence-electron chi connectivity index (χ4n) is 1.78. The first-order valence-corrected chi connectivity index (χ1v) is 8.20. The minimum absolute atomic E-state index is 0.367. The lowest BCUT2D eigenvalue weighted by Gasteiger charge is -2.13. The molecule has 0 amide bonds. The third kappa shape index (κ3) is 3.19. The number of imidazole rings is 1. The maximum atomic E-state index is 11.7. The third-order valence-electron chi connectivity index (χ3n) is 2.67. The summed E-state index contributed by atoms with van der Waals surface area (Å²) in [5.74, 6) is 1.39. The average molecular weight is 294 g/mol. The molecule has 0 saturated carbocycles. The van der Waals surface area contributed by atoms with Crippen molar-refractivity contribution in [3.63, 3.8) is 0 Å². The zero-order valence-corrected chi connectivity index (χ0v) is 12.6. The SMILES string of the molecule is CC(C)COc1ccccc1-c1nccn1S(C)(=O)=O. The zero-order chi connectivity index (χ0) is 14.8. The Balaban J connectivity index is 2.46. The summed E-state index contributed by atoms with van der Waals surface area (Å²) < 4.78 is 30.4. The smallest absolute Gasteiger partial charge is 0.237 e. The maximum absolute atomic E-state index is 11.7. The van der Waals surface area contributed by atoms with Crippen LogP contribution in [0.2, 0.25) is 0 Å². The molecule has 0 fully saturated rings. The molecule has 0 aliphatic carbocycles. The fourth-order valence-corrected chi connectivity index (χ4v) is 2.52. The molecule has 0 atom stereocenters. The largest absolute Gasteiger partial charge is 0.493 e. The summed E-state index contributed by atoms with van der Waals surface area (Å²) in [5.41, 5.74) is 0.670.